The Morgan fingerprint density at radius 3 is 2.52 bits per heavy atom. The number of carbonyl (C=O) groups is 1. The normalized spacial score (nSPS) is 11.8. The summed E-state index contributed by atoms with van der Waals surface area (Å²) in [4.78, 5) is 12.2. The molecule has 5 heteroatoms. The highest BCUT2D eigenvalue weighted by Crippen LogP contribution is 2.21. The van der Waals surface area contributed by atoms with Crippen LogP contribution in [0.5, 0.6) is 5.75 Å². The Balaban J connectivity index is 2.00. The van der Waals surface area contributed by atoms with Gasteiger partial charge in [-0.1, -0.05) is 15.9 Å². The number of ether oxygens (including phenoxy) is 1. The van der Waals surface area contributed by atoms with Crippen molar-refractivity contribution in [3.05, 3.63) is 56.1 Å². The highest BCUT2D eigenvalue weighted by Gasteiger charge is 2.15. The summed E-state index contributed by atoms with van der Waals surface area (Å²) in [6.07, 6.45) is -0.562. The fourth-order valence-electron chi connectivity index (χ4n) is 1.77. The van der Waals surface area contributed by atoms with E-state index in [1.807, 2.05) is 49.4 Å². The van der Waals surface area contributed by atoms with E-state index < -0.39 is 6.10 Å². The summed E-state index contributed by atoms with van der Waals surface area (Å²) in [6, 6.07) is 13.3. The SMILES string of the molecule is Cc1cc(Br)ccc1NC(=O)[C@H](C)Oc1ccc(I)cc1. The largest absolute Gasteiger partial charge is 0.481 e. The smallest absolute Gasteiger partial charge is 0.265 e. The molecule has 1 N–H and O–H groups in total. The summed E-state index contributed by atoms with van der Waals surface area (Å²) < 4.78 is 7.76. The third-order valence-electron chi connectivity index (χ3n) is 2.94. The van der Waals surface area contributed by atoms with Crippen molar-refractivity contribution in [2.24, 2.45) is 0 Å². The van der Waals surface area contributed by atoms with Crippen molar-refractivity contribution in [1.29, 1.82) is 0 Å². The lowest BCUT2D eigenvalue weighted by atomic mass is 10.2. The highest BCUT2D eigenvalue weighted by molar-refractivity contribution is 14.1. The Morgan fingerprint density at radius 2 is 1.90 bits per heavy atom. The molecule has 2 aromatic rings. The predicted octanol–water partition coefficient (Wildman–Crippen LogP) is 4.77. The van der Waals surface area contributed by atoms with E-state index in [1.54, 1.807) is 6.92 Å². The maximum atomic E-state index is 12.2. The fraction of sp³-hybridized carbons (Fsp3) is 0.188. The second-order valence-corrected chi connectivity index (χ2v) is 6.82. The van der Waals surface area contributed by atoms with E-state index in [2.05, 4.69) is 43.8 Å². The molecule has 0 unspecified atom stereocenters. The summed E-state index contributed by atoms with van der Waals surface area (Å²) in [5, 5.41) is 2.88. The van der Waals surface area contributed by atoms with Gasteiger partial charge in [0.2, 0.25) is 0 Å². The molecule has 0 saturated heterocycles. The Morgan fingerprint density at radius 1 is 1.24 bits per heavy atom. The first-order chi connectivity index (χ1) is 9.95. The summed E-state index contributed by atoms with van der Waals surface area (Å²) in [7, 11) is 0. The van der Waals surface area contributed by atoms with E-state index in [0.717, 1.165) is 19.3 Å². The molecule has 0 radical (unpaired) electrons. The minimum atomic E-state index is -0.562. The number of halogens is 2. The van der Waals surface area contributed by atoms with E-state index in [4.69, 9.17) is 4.74 Å². The molecule has 1 atom stereocenters. The topological polar surface area (TPSA) is 38.3 Å². The van der Waals surface area contributed by atoms with Crippen LogP contribution in [0.15, 0.2) is 46.9 Å². The van der Waals surface area contributed by atoms with Gasteiger partial charge in [-0.15, -0.1) is 0 Å². The van der Waals surface area contributed by atoms with Crippen LogP contribution in [-0.4, -0.2) is 12.0 Å². The fourth-order valence-corrected chi connectivity index (χ4v) is 2.61. The van der Waals surface area contributed by atoms with Crippen LogP contribution in [0.3, 0.4) is 0 Å². The maximum Gasteiger partial charge on any atom is 0.265 e. The second-order valence-electron chi connectivity index (χ2n) is 4.66. The van der Waals surface area contributed by atoms with Gasteiger partial charge in [-0.05, 0) is 84.5 Å². The molecule has 0 saturated carbocycles. The second kappa shape index (κ2) is 7.26. The van der Waals surface area contributed by atoms with Crippen LogP contribution in [0, 0.1) is 10.5 Å². The molecular weight excluding hydrogens is 445 g/mol. The molecule has 0 bridgehead atoms. The summed E-state index contributed by atoms with van der Waals surface area (Å²) in [6.45, 7) is 3.69. The minimum absolute atomic E-state index is 0.168. The Kier molecular flexibility index (Phi) is 5.64. The Labute approximate surface area is 146 Å². The van der Waals surface area contributed by atoms with E-state index >= 15 is 0 Å². The van der Waals surface area contributed by atoms with Crippen LogP contribution in [0.4, 0.5) is 5.69 Å². The number of amides is 1. The average molecular weight is 460 g/mol. The number of carbonyl (C=O) groups excluding carboxylic acids is 1. The zero-order valence-electron chi connectivity index (χ0n) is 11.7. The van der Waals surface area contributed by atoms with E-state index in [1.165, 1.54) is 0 Å². The number of rotatable bonds is 4. The van der Waals surface area contributed by atoms with Crippen LogP contribution < -0.4 is 10.1 Å². The molecule has 0 aromatic heterocycles. The van der Waals surface area contributed by atoms with Gasteiger partial charge in [0.25, 0.3) is 5.91 Å². The first-order valence-electron chi connectivity index (χ1n) is 6.45. The van der Waals surface area contributed by atoms with Gasteiger partial charge in [-0.25, -0.2) is 0 Å². The van der Waals surface area contributed by atoms with Gasteiger partial charge in [-0.3, -0.25) is 4.79 Å². The molecular formula is C16H15BrINO2. The molecule has 0 spiro atoms. The van der Waals surface area contributed by atoms with Gasteiger partial charge in [0, 0.05) is 13.7 Å². The van der Waals surface area contributed by atoms with Crippen molar-refractivity contribution in [3.8, 4) is 5.75 Å². The highest BCUT2D eigenvalue weighted by atomic mass is 127. The zero-order valence-corrected chi connectivity index (χ0v) is 15.4. The number of aryl methyl sites for hydroxylation is 1. The molecule has 110 valence electrons. The molecule has 0 aliphatic carbocycles. The van der Waals surface area contributed by atoms with Gasteiger partial charge in [0.05, 0.1) is 0 Å². The Bertz CT molecular complexity index is 643. The molecule has 3 nitrogen and oxygen atoms in total. The molecule has 0 aliphatic heterocycles. The third kappa shape index (κ3) is 4.71. The van der Waals surface area contributed by atoms with Gasteiger partial charge < -0.3 is 10.1 Å². The number of benzene rings is 2. The lowest BCUT2D eigenvalue weighted by Gasteiger charge is -2.16. The summed E-state index contributed by atoms with van der Waals surface area (Å²) in [5.74, 6) is 0.518. The number of hydrogen-bond donors (Lipinski definition) is 1. The van der Waals surface area contributed by atoms with Gasteiger partial charge in [-0.2, -0.15) is 0 Å². The first kappa shape index (κ1) is 16.3. The summed E-state index contributed by atoms with van der Waals surface area (Å²) in [5.41, 5.74) is 1.79. The minimum Gasteiger partial charge on any atom is -0.481 e. The maximum absolute atomic E-state index is 12.2. The van der Waals surface area contributed by atoms with E-state index in [0.29, 0.717) is 5.75 Å². The van der Waals surface area contributed by atoms with Crippen LogP contribution in [0.25, 0.3) is 0 Å². The molecule has 0 aliphatic rings. The van der Waals surface area contributed by atoms with Crippen molar-refractivity contribution >= 4 is 50.1 Å². The quantitative estimate of drug-likeness (QED) is 0.669. The van der Waals surface area contributed by atoms with E-state index in [-0.39, 0.29) is 5.91 Å². The van der Waals surface area contributed by atoms with Gasteiger partial charge in [0.15, 0.2) is 6.10 Å². The Hall–Kier alpha value is -1.08. The lowest BCUT2D eigenvalue weighted by Crippen LogP contribution is -2.30. The monoisotopic (exact) mass is 459 g/mol. The zero-order chi connectivity index (χ0) is 15.4. The number of anilines is 1. The summed E-state index contributed by atoms with van der Waals surface area (Å²) >= 11 is 5.63. The molecule has 0 heterocycles. The van der Waals surface area contributed by atoms with Crippen molar-refractivity contribution in [2.45, 2.75) is 20.0 Å². The van der Waals surface area contributed by atoms with E-state index in [9.17, 15) is 4.79 Å². The number of hydrogen-bond acceptors (Lipinski definition) is 2. The lowest BCUT2D eigenvalue weighted by molar-refractivity contribution is -0.122. The third-order valence-corrected chi connectivity index (χ3v) is 4.15. The van der Waals surface area contributed by atoms with Crippen molar-refractivity contribution in [2.75, 3.05) is 5.32 Å². The first-order valence-corrected chi connectivity index (χ1v) is 8.32. The molecule has 2 aromatic carbocycles. The predicted molar refractivity (Wildman–Crippen MR) is 96.8 cm³/mol. The molecule has 21 heavy (non-hydrogen) atoms. The van der Waals surface area contributed by atoms with Gasteiger partial charge in [0.1, 0.15) is 5.75 Å². The van der Waals surface area contributed by atoms with Crippen LogP contribution >= 0.6 is 38.5 Å². The van der Waals surface area contributed by atoms with Gasteiger partial charge >= 0.3 is 0 Å². The van der Waals surface area contributed by atoms with Crippen LogP contribution in [-0.2, 0) is 4.79 Å². The molecule has 2 rings (SSSR count). The van der Waals surface area contributed by atoms with Crippen molar-refractivity contribution in [3.63, 3.8) is 0 Å². The number of nitrogens with one attached hydrogen (secondary N) is 1. The van der Waals surface area contributed by atoms with Crippen molar-refractivity contribution < 1.29 is 9.53 Å². The standard InChI is InChI=1S/C16H15BrINO2/c1-10-9-12(17)3-8-15(10)19-16(20)11(2)21-14-6-4-13(18)5-7-14/h3-9,11H,1-2H3,(H,19,20)/t11-/m0/s1. The van der Waals surface area contributed by atoms with Crippen molar-refractivity contribution in [1.82, 2.24) is 0 Å². The molecule has 0 fully saturated rings. The van der Waals surface area contributed by atoms with Crippen LogP contribution in [0.1, 0.15) is 12.5 Å². The molecule has 1 amide bonds. The average Bonchev–Trinajstić information content (AvgIpc) is 2.44. The van der Waals surface area contributed by atoms with Crippen LogP contribution in [0.2, 0.25) is 0 Å².